The molecule has 1 amide bonds. The van der Waals surface area contributed by atoms with E-state index < -0.39 is 5.82 Å². The van der Waals surface area contributed by atoms with Gasteiger partial charge in [0.25, 0.3) is 5.91 Å². The molecule has 0 aliphatic carbocycles. The molecule has 0 spiro atoms. The standard InChI is InChI=1S/C12H12FNO2/c1-2-14-12(16)11-8-10(13)6-5-9(11)4-3-7-15/h5-6,8,15H,2,7H2,1H3,(H,14,16). The number of carbonyl (C=O) groups is 1. The van der Waals surface area contributed by atoms with Gasteiger partial charge in [0.05, 0.1) is 5.56 Å². The third-order valence-electron chi connectivity index (χ3n) is 1.87. The van der Waals surface area contributed by atoms with E-state index in [0.29, 0.717) is 12.1 Å². The summed E-state index contributed by atoms with van der Waals surface area (Å²) in [4.78, 5) is 11.6. The lowest BCUT2D eigenvalue weighted by atomic mass is 10.1. The molecule has 84 valence electrons. The summed E-state index contributed by atoms with van der Waals surface area (Å²) in [5.41, 5.74) is 0.587. The number of nitrogens with one attached hydrogen (secondary N) is 1. The van der Waals surface area contributed by atoms with E-state index in [9.17, 15) is 9.18 Å². The van der Waals surface area contributed by atoms with E-state index >= 15 is 0 Å². The van der Waals surface area contributed by atoms with Gasteiger partial charge in [0, 0.05) is 12.1 Å². The quantitative estimate of drug-likeness (QED) is 0.729. The molecule has 0 aromatic heterocycles. The first-order chi connectivity index (χ1) is 7.69. The first-order valence-corrected chi connectivity index (χ1v) is 4.86. The van der Waals surface area contributed by atoms with Gasteiger partial charge < -0.3 is 10.4 Å². The average molecular weight is 221 g/mol. The van der Waals surface area contributed by atoms with Gasteiger partial charge in [-0.15, -0.1) is 0 Å². The zero-order valence-corrected chi connectivity index (χ0v) is 8.88. The summed E-state index contributed by atoms with van der Waals surface area (Å²) < 4.78 is 13.0. The Kier molecular flexibility index (Phi) is 4.49. The van der Waals surface area contributed by atoms with Crippen LogP contribution in [0.25, 0.3) is 0 Å². The summed E-state index contributed by atoms with van der Waals surface area (Å²) in [6, 6.07) is 3.78. The van der Waals surface area contributed by atoms with Crippen LogP contribution in [0.15, 0.2) is 18.2 Å². The molecule has 0 bridgehead atoms. The molecule has 0 saturated carbocycles. The molecule has 0 saturated heterocycles. The molecule has 0 aliphatic rings. The molecule has 3 nitrogen and oxygen atoms in total. The Labute approximate surface area is 93.3 Å². The average Bonchev–Trinajstić information content (AvgIpc) is 2.27. The molecule has 1 rings (SSSR count). The summed E-state index contributed by atoms with van der Waals surface area (Å²) in [5, 5.41) is 11.1. The number of hydrogen-bond acceptors (Lipinski definition) is 2. The summed E-state index contributed by atoms with van der Waals surface area (Å²) in [6.45, 7) is 1.94. The minimum Gasteiger partial charge on any atom is -0.384 e. The second kappa shape index (κ2) is 5.89. The van der Waals surface area contributed by atoms with Crippen LogP contribution in [0.5, 0.6) is 0 Å². The van der Waals surface area contributed by atoms with Crippen LogP contribution in [0.2, 0.25) is 0 Å². The van der Waals surface area contributed by atoms with E-state index in [2.05, 4.69) is 17.2 Å². The van der Waals surface area contributed by atoms with Gasteiger partial charge in [-0.1, -0.05) is 11.8 Å². The van der Waals surface area contributed by atoms with Gasteiger partial charge in [0.2, 0.25) is 0 Å². The minimum absolute atomic E-state index is 0.183. The second-order valence-electron chi connectivity index (χ2n) is 3.01. The third kappa shape index (κ3) is 3.07. The van der Waals surface area contributed by atoms with E-state index in [1.165, 1.54) is 12.1 Å². The number of aliphatic hydroxyl groups excluding tert-OH is 1. The fourth-order valence-electron chi connectivity index (χ4n) is 1.20. The fraction of sp³-hybridized carbons (Fsp3) is 0.250. The highest BCUT2D eigenvalue weighted by Gasteiger charge is 2.10. The highest BCUT2D eigenvalue weighted by Crippen LogP contribution is 2.10. The lowest BCUT2D eigenvalue weighted by Crippen LogP contribution is -2.23. The van der Waals surface area contributed by atoms with Crippen molar-refractivity contribution in [2.24, 2.45) is 0 Å². The van der Waals surface area contributed by atoms with E-state index in [1.807, 2.05) is 0 Å². The van der Waals surface area contributed by atoms with Crippen LogP contribution in [0, 0.1) is 17.7 Å². The zero-order valence-electron chi connectivity index (χ0n) is 8.88. The van der Waals surface area contributed by atoms with Crippen LogP contribution in [0.1, 0.15) is 22.8 Å². The van der Waals surface area contributed by atoms with Gasteiger partial charge in [0.15, 0.2) is 0 Å². The number of halogens is 1. The molecule has 1 aromatic rings. The SMILES string of the molecule is CCNC(=O)c1cc(F)ccc1C#CCO. The highest BCUT2D eigenvalue weighted by atomic mass is 19.1. The van der Waals surface area contributed by atoms with Crippen molar-refractivity contribution in [3.63, 3.8) is 0 Å². The predicted octanol–water partition coefficient (Wildman–Crippen LogP) is 0.919. The van der Waals surface area contributed by atoms with Gasteiger partial charge in [-0.05, 0) is 25.1 Å². The van der Waals surface area contributed by atoms with Gasteiger partial charge in [-0.3, -0.25) is 4.79 Å². The van der Waals surface area contributed by atoms with Gasteiger partial charge >= 0.3 is 0 Å². The molecule has 0 fully saturated rings. The maximum Gasteiger partial charge on any atom is 0.252 e. The highest BCUT2D eigenvalue weighted by molar-refractivity contribution is 5.96. The van der Waals surface area contributed by atoms with Crippen molar-refractivity contribution in [1.82, 2.24) is 5.32 Å². The summed E-state index contributed by atoms with van der Waals surface area (Å²) >= 11 is 0. The first kappa shape index (κ1) is 12.2. The Morgan fingerprint density at radius 3 is 2.94 bits per heavy atom. The topological polar surface area (TPSA) is 49.3 Å². The Morgan fingerprint density at radius 1 is 1.56 bits per heavy atom. The van der Waals surface area contributed by atoms with E-state index in [4.69, 9.17) is 5.11 Å². The summed E-state index contributed by atoms with van der Waals surface area (Å²) in [7, 11) is 0. The molecule has 4 heteroatoms. The zero-order chi connectivity index (χ0) is 12.0. The van der Waals surface area contributed by atoms with Crippen LogP contribution in [0.3, 0.4) is 0 Å². The molecule has 0 aliphatic heterocycles. The maximum absolute atomic E-state index is 13.0. The molecular weight excluding hydrogens is 209 g/mol. The number of hydrogen-bond donors (Lipinski definition) is 2. The predicted molar refractivity (Wildman–Crippen MR) is 58.4 cm³/mol. The molecule has 2 N–H and O–H groups in total. The normalized spacial score (nSPS) is 9.19. The lowest BCUT2D eigenvalue weighted by Gasteiger charge is -2.04. The van der Waals surface area contributed by atoms with Crippen molar-refractivity contribution in [3.8, 4) is 11.8 Å². The van der Waals surface area contributed by atoms with Crippen molar-refractivity contribution in [1.29, 1.82) is 0 Å². The van der Waals surface area contributed by atoms with Crippen LogP contribution in [-0.4, -0.2) is 24.2 Å². The molecule has 0 atom stereocenters. The Balaban J connectivity index is 3.12. The molecule has 16 heavy (non-hydrogen) atoms. The van der Waals surface area contributed by atoms with E-state index in [-0.39, 0.29) is 18.1 Å². The van der Waals surface area contributed by atoms with Crippen molar-refractivity contribution < 1.29 is 14.3 Å². The number of aliphatic hydroxyl groups is 1. The van der Waals surface area contributed by atoms with Crippen LogP contribution in [0.4, 0.5) is 4.39 Å². The number of rotatable bonds is 2. The van der Waals surface area contributed by atoms with E-state index in [1.54, 1.807) is 6.92 Å². The van der Waals surface area contributed by atoms with E-state index in [0.717, 1.165) is 6.07 Å². The number of amides is 1. The minimum atomic E-state index is -0.490. The molecule has 1 aromatic carbocycles. The lowest BCUT2D eigenvalue weighted by molar-refractivity contribution is 0.0955. The Hall–Kier alpha value is -1.86. The Morgan fingerprint density at radius 2 is 2.31 bits per heavy atom. The van der Waals surface area contributed by atoms with Crippen molar-refractivity contribution >= 4 is 5.91 Å². The third-order valence-corrected chi connectivity index (χ3v) is 1.87. The largest absolute Gasteiger partial charge is 0.384 e. The van der Waals surface area contributed by atoms with Crippen LogP contribution >= 0.6 is 0 Å². The summed E-state index contributed by atoms with van der Waals surface area (Å²) in [5.74, 6) is 4.17. The fourth-order valence-corrected chi connectivity index (χ4v) is 1.20. The number of carbonyl (C=O) groups excluding carboxylic acids is 1. The molecule has 0 radical (unpaired) electrons. The number of benzene rings is 1. The van der Waals surface area contributed by atoms with Gasteiger partial charge in [0.1, 0.15) is 12.4 Å². The second-order valence-corrected chi connectivity index (χ2v) is 3.01. The van der Waals surface area contributed by atoms with Gasteiger partial charge in [-0.25, -0.2) is 4.39 Å². The van der Waals surface area contributed by atoms with Gasteiger partial charge in [-0.2, -0.15) is 0 Å². The maximum atomic E-state index is 13.0. The first-order valence-electron chi connectivity index (χ1n) is 4.86. The smallest absolute Gasteiger partial charge is 0.252 e. The molecular formula is C12H12FNO2. The molecule has 0 heterocycles. The van der Waals surface area contributed by atoms with Crippen molar-refractivity contribution in [2.75, 3.05) is 13.2 Å². The van der Waals surface area contributed by atoms with Crippen molar-refractivity contribution in [2.45, 2.75) is 6.92 Å². The van der Waals surface area contributed by atoms with Crippen molar-refractivity contribution in [3.05, 3.63) is 35.1 Å². The van der Waals surface area contributed by atoms with Crippen LogP contribution < -0.4 is 5.32 Å². The van der Waals surface area contributed by atoms with Crippen LogP contribution in [-0.2, 0) is 0 Å². The Bertz CT molecular complexity index is 446. The molecule has 0 unspecified atom stereocenters. The summed E-state index contributed by atoms with van der Waals surface area (Å²) in [6.07, 6.45) is 0. The monoisotopic (exact) mass is 221 g/mol.